The summed E-state index contributed by atoms with van der Waals surface area (Å²) in [6, 6.07) is 14.8. The van der Waals surface area contributed by atoms with E-state index in [0.29, 0.717) is 27.9 Å². The smallest absolute Gasteiger partial charge is 0.255 e. The number of carbonyl (C=O) groups is 1. The van der Waals surface area contributed by atoms with E-state index in [4.69, 9.17) is 16.0 Å². The number of carbonyl (C=O) groups excluding carboxylic acids is 1. The van der Waals surface area contributed by atoms with Crippen molar-refractivity contribution in [3.8, 4) is 11.5 Å². The lowest BCUT2D eigenvalue weighted by Gasteiger charge is -2.25. The van der Waals surface area contributed by atoms with Gasteiger partial charge in [0.05, 0.1) is 22.7 Å². The minimum atomic E-state index is -0.0671. The molecule has 134 valence electrons. The number of hydrogen-bond donors (Lipinski definition) is 0. The average Bonchev–Trinajstić information content (AvgIpc) is 3.08. The fourth-order valence-corrected chi connectivity index (χ4v) is 3.32. The maximum Gasteiger partial charge on any atom is 0.255 e. The molecule has 5 nitrogen and oxygen atoms in total. The van der Waals surface area contributed by atoms with Crippen molar-refractivity contribution in [1.82, 2.24) is 15.1 Å². The Labute approximate surface area is 170 Å². The molecule has 0 saturated heterocycles. The topological polar surface area (TPSA) is 59.2 Å². The molecule has 0 unspecified atom stereocenters. The second kappa shape index (κ2) is 8.18. The molecule has 0 spiro atoms. The van der Waals surface area contributed by atoms with E-state index in [1.165, 1.54) is 0 Å². The minimum Gasteiger partial charge on any atom is -0.419 e. The normalized spacial score (nSPS) is 11.0. The molecule has 0 radical (unpaired) electrons. The van der Waals surface area contributed by atoms with Crippen LogP contribution >= 0.6 is 34.2 Å². The van der Waals surface area contributed by atoms with Crippen LogP contribution in [0.2, 0.25) is 5.02 Å². The predicted octanol–water partition coefficient (Wildman–Crippen LogP) is 5.05. The first-order chi connectivity index (χ1) is 12.5. The molecule has 0 atom stereocenters. The molecule has 0 aliphatic carbocycles. The van der Waals surface area contributed by atoms with Crippen LogP contribution in [0, 0.1) is 3.57 Å². The number of rotatable bonds is 5. The van der Waals surface area contributed by atoms with Crippen LogP contribution in [0.25, 0.3) is 11.5 Å². The van der Waals surface area contributed by atoms with Gasteiger partial charge in [-0.3, -0.25) is 4.79 Å². The van der Waals surface area contributed by atoms with Crippen molar-refractivity contribution in [2.24, 2.45) is 0 Å². The lowest BCUT2D eigenvalue weighted by molar-refractivity contribution is 0.0671. The van der Waals surface area contributed by atoms with Gasteiger partial charge in [0, 0.05) is 9.61 Å². The summed E-state index contributed by atoms with van der Waals surface area (Å²) in [5.41, 5.74) is 1.33. The second-order valence-corrected chi connectivity index (χ2v) is 7.56. The summed E-state index contributed by atoms with van der Waals surface area (Å²) in [7, 11) is 0. The number of halogens is 2. The highest BCUT2D eigenvalue weighted by Gasteiger charge is 2.23. The predicted molar refractivity (Wildman–Crippen MR) is 109 cm³/mol. The Morgan fingerprint density at radius 3 is 2.54 bits per heavy atom. The third kappa shape index (κ3) is 4.07. The van der Waals surface area contributed by atoms with E-state index in [1.54, 1.807) is 11.0 Å². The highest BCUT2D eigenvalue weighted by atomic mass is 127. The van der Waals surface area contributed by atoms with Crippen molar-refractivity contribution in [3.05, 3.63) is 68.6 Å². The summed E-state index contributed by atoms with van der Waals surface area (Å²) in [4.78, 5) is 14.7. The maximum absolute atomic E-state index is 13.0. The molecule has 0 saturated carbocycles. The van der Waals surface area contributed by atoms with Crippen LogP contribution in [-0.4, -0.2) is 27.0 Å². The Balaban J connectivity index is 1.85. The quantitative estimate of drug-likeness (QED) is 0.479. The van der Waals surface area contributed by atoms with Crippen molar-refractivity contribution in [1.29, 1.82) is 0 Å². The monoisotopic (exact) mass is 481 g/mol. The summed E-state index contributed by atoms with van der Waals surface area (Å²) in [6.07, 6.45) is 0. The Kier molecular flexibility index (Phi) is 5.93. The van der Waals surface area contributed by atoms with Gasteiger partial charge in [0.25, 0.3) is 5.91 Å². The van der Waals surface area contributed by atoms with Gasteiger partial charge in [0.1, 0.15) is 0 Å². The van der Waals surface area contributed by atoms with Crippen LogP contribution in [0.4, 0.5) is 0 Å². The van der Waals surface area contributed by atoms with E-state index in [2.05, 4.69) is 32.8 Å². The third-order valence-corrected chi connectivity index (χ3v) is 5.14. The van der Waals surface area contributed by atoms with E-state index in [9.17, 15) is 4.79 Å². The molecule has 1 aromatic heterocycles. The second-order valence-electron chi connectivity index (χ2n) is 5.99. The molecular weight excluding hydrogens is 465 g/mol. The van der Waals surface area contributed by atoms with Gasteiger partial charge in [0.2, 0.25) is 11.8 Å². The fourth-order valence-electron chi connectivity index (χ4n) is 2.48. The van der Waals surface area contributed by atoms with Crippen molar-refractivity contribution >= 4 is 40.1 Å². The molecule has 3 rings (SSSR count). The molecule has 0 aliphatic rings. The third-order valence-electron chi connectivity index (χ3n) is 3.87. The fraction of sp³-hybridized carbons (Fsp3) is 0.211. The Morgan fingerprint density at radius 1 is 1.15 bits per heavy atom. The molecule has 26 heavy (non-hydrogen) atoms. The van der Waals surface area contributed by atoms with E-state index in [-0.39, 0.29) is 18.5 Å². The van der Waals surface area contributed by atoms with E-state index < -0.39 is 0 Å². The molecule has 0 aliphatic heterocycles. The molecule has 1 amide bonds. The minimum absolute atomic E-state index is 0.0193. The first kappa shape index (κ1) is 18.8. The van der Waals surface area contributed by atoms with Gasteiger partial charge in [-0.2, -0.15) is 0 Å². The van der Waals surface area contributed by atoms with Crippen molar-refractivity contribution in [2.75, 3.05) is 0 Å². The Hall–Kier alpha value is -1.93. The molecule has 2 aromatic carbocycles. The van der Waals surface area contributed by atoms with Gasteiger partial charge in [-0.05, 0) is 60.7 Å². The zero-order valence-electron chi connectivity index (χ0n) is 14.3. The summed E-state index contributed by atoms with van der Waals surface area (Å²) < 4.78 is 6.65. The number of nitrogens with zero attached hydrogens (tertiary/aromatic N) is 3. The number of aromatic nitrogens is 2. The van der Waals surface area contributed by atoms with Crippen molar-refractivity contribution in [3.63, 3.8) is 0 Å². The summed E-state index contributed by atoms with van der Waals surface area (Å²) in [5, 5.41) is 8.69. The lowest BCUT2D eigenvalue weighted by atomic mass is 10.1. The van der Waals surface area contributed by atoms with E-state index in [0.717, 1.165) is 3.57 Å². The van der Waals surface area contributed by atoms with E-state index >= 15 is 0 Å². The average molecular weight is 482 g/mol. The van der Waals surface area contributed by atoms with Gasteiger partial charge in [-0.15, -0.1) is 10.2 Å². The molecule has 0 bridgehead atoms. The largest absolute Gasteiger partial charge is 0.419 e. The molecular formula is C19H17ClIN3O2. The molecule has 3 aromatic rings. The number of amides is 1. The molecule has 1 heterocycles. The van der Waals surface area contributed by atoms with Crippen molar-refractivity contribution in [2.45, 2.75) is 26.4 Å². The van der Waals surface area contributed by atoms with Crippen LogP contribution in [0.1, 0.15) is 30.1 Å². The number of benzene rings is 2. The molecule has 0 N–H and O–H groups in total. The van der Waals surface area contributed by atoms with Gasteiger partial charge < -0.3 is 9.32 Å². The maximum atomic E-state index is 13.0. The van der Waals surface area contributed by atoms with Crippen molar-refractivity contribution < 1.29 is 9.21 Å². The van der Waals surface area contributed by atoms with Gasteiger partial charge >= 0.3 is 0 Å². The van der Waals surface area contributed by atoms with Gasteiger partial charge in [0.15, 0.2) is 0 Å². The first-order valence-corrected chi connectivity index (χ1v) is 9.56. The Morgan fingerprint density at radius 2 is 1.85 bits per heavy atom. The van der Waals surface area contributed by atoms with E-state index in [1.807, 2.05) is 56.3 Å². The van der Waals surface area contributed by atoms with Crippen LogP contribution < -0.4 is 0 Å². The van der Waals surface area contributed by atoms with Gasteiger partial charge in [-0.25, -0.2) is 0 Å². The van der Waals surface area contributed by atoms with Crippen LogP contribution in [-0.2, 0) is 6.54 Å². The van der Waals surface area contributed by atoms with Crippen LogP contribution in [0.15, 0.2) is 52.9 Å². The Bertz CT molecular complexity index is 926. The van der Waals surface area contributed by atoms with Crippen LogP contribution in [0.3, 0.4) is 0 Å². The summed E-state index contributed by atoms with van der Waals surface area (Å²) >= 11 is 8.34. The lowest BCUT2D eigenvalue weighted by Crippen LogP contribution is -2.36. The molecule has 7 heteroatoms. The zero-order valence-corrected chi connectivity index (χ0v) is 17.2. The van der Waals surface area contributed by atoms with Crippen LogP contribution in [0.5, 0.6) is 0 Å². The van der Waals surface area contributed by atoms with Gasteiger partial charge in [-0.1, -0.05) is 35.9 Å². The summed E-state index contributed by atoms with van der Waals surface area (Å²) in [6.45, 7) is 4.15. The highest BCUT2D eigenvalue weighted by molar-refractivity contribution is 14.1. The molecule has 0 fully saturated rings. The highest BCUT2D eigenvalue weighted by Crippen LogP contribution is 2.27. The zero-order chi connectivity index (χ0) is 18.7. The summed E-state index contributed by atoms with van der Waals surface area (Å²) in [5.74, 6) is 0.645. The first-order valence-electron chi connectivity index (χ1n) is 8.10. The standard InChI is InChI=1S/C19H17ClIN3O2/c1-12(2)24(19(25)14-8-4-6-10-16(14)21)11-17-22-23-18(26-17)13-7-3-5-9-15(13)20/h3-10,12H,11H2,1-2H3. The number of hydrogen-bond acceptors (Lipinski definition) is 4. The SMILES string of the molecule is CC(C)N(Cc1nnc(-c2ccccc2Cl)o1)C(=O)c1ccccc1I.